The molecule has 11 heteroatoms. The summed E-state index contributed by atoms with van der Waals surface area (Å²) in [5, 5.41) is 13.5. The Morgan fingerprint density at radius 3 is 2.60 bits per heavy atom. The number of rotatable bonds is 6. The third kappa shape index (κ3) is 3.99. The molecule has 3 rings (SSSR count). The zero-order valence-corrected chi connectivity index (χ0v) is 16.4. The molecule has 0 atom stereocenters. The molecule has 3 aromatic rings. The van der Waals surface area contributed by atoms with Crippen molar-refractivity contribution in [3.8, 4) is 5.75 Å². The van der Waals surface area contributed by atoms with Crippen molar-refractivity contribution < 1.29 is 23.7 Å². The highest BCUT2D eigenvalue weighted by molar-refractivity contribution is 5.98. The van der Waals surface area contributed by atoms with E-state index < -0.39 is 23.1 Å². The molecule has 0 fully saturated rings. The molecule has 0 bridgehead atoms. The lowest BCUT2D eigenvalue weighted by Crippen LogP contribution is -2.25. The molecular formula is C19H18N4O7. The summed E-state index contributed by atoms with van der Waals surface area (Å²) < 4.78 is 11.3. The number of benzene rings is 2. The van der Waals surface area contributed by atoms with Gasteiger partial charge in [0.1, 0.15) is 12.3 Å². The molecule has 0 aliphatic carbocycles. The summed E-state index contributed by atoms with van der Waals surface area (Å²) in [5.74, 6) is -1.33. The Morgan fingerprint density at radius 2 is 1.97 bits per heavy atom. The maximum Gasteiger partial charge on any atom is 0.420 e. The number of nitrogens with zero attached hydrogens (tertiary/aromatic N) is 3. The average molecular weight is 414 g/mol. The highest BCUT2D eigenvalue weighted by Gasteiger charge is 2.18. The summed E-state index contributed by atoms with van der Waals surface area (Å²) in [6.45, 7) is -0.404. The van der Waals surface area contributed by atoms with Crippen LogP contribution in [0.5, 0.6) is 5.75 Å². The lowest BCUT2D eigenvalue weighted by atomic mass is 10.1. The Bertz CT molecular complexity index is 1210. The minimum absolute atomic E-state index is 0.00171. The number of nitro benzene ring substituents is 1. The van der Waals surface area contributed by atoms with Gasteiger partial charge in [0.05, 0.1) is 29.3 Å². The van der Waals surface area contributed by atoms with E-state index in [0.29, 0.717) is 11.3 Å². The number of carbonyl (C=O) groups excluding carboxylic acids is 2. The molecule has 0 saturated heterocycles. The minimum atomic E-state index is -0.829. The Labute approximate surface area is 169 Å². The first kappa shape index (κ1) is 20.6. The van der Waals surface area contributed by atoms with E-state index in [1.54, 1.807) is 26.2 Å². The van der Waals surface area contributed by atoms with E-state index in [0.717, 1.165) is 10.6 Å². The lowest BCUT2D eigenvalue weighted by molar-refractivity contribution is -0.384. The van der Waals surface area contributed by atoms with Crippen LogP contribution < -0.4 is 15.8 Å². The number of oxazole rings is 1. The van der Waals surface area contributed by atoms with Gasteiger partial charge in [0, 0.05) is 25.7 Å². The molecule has 0 saturated carbocycles. The molecule has 0 spiro atoms. The monoisotopic (exact) mass is 414 g/mol. The summed E-state index contributed by atoms with van der Waals surface area (Å²) in [7, 11) is 4.62. The number of hydrogen-bond donors (Lipinski definition) is 1. The molecular weight excluding hydrogens is 396 g/mol. The van der Waals surface area contributed by atoms with Crippen molar-refractivity contribution in [2.24, 2.45) is 0 Å². The number of carbonyl (C=O) groups is 2. The fourth-order valence-electron chi connectivity index (χ4n) is 2.85. The Hall–Kier alpha value is -4.15. The smallest absolute Gasteiger partial charge is 0.420 e. The minimum Gasteiger partial charge on any atom is -0.495 e. The number of nitrogens with one attached hydrogen (secondary N) is 1. The van der Waals surface area contributed by atoms with E-state index >= 15 is 0 Å². The molecule has 156 valence electrons. The highest BCUT2D eigenvalue weighted by Crippen LogP contribution is 2.26. The van der Waals surface area contributed by atoms with Crippen LogP contribution in [0.2, 0.25) is 0 Å². The van der Waals surface area contributed by atoms with Gasteiger partial charge in [-0.25, -0.2) is 4.79 Å². The van der Waals surface area contributed by atoms with Crippen LogP contribution in [-0.2, 0) is 11.3 Å². The summed E-state index contributed by atoms with van der Waals surface area (Å²) in [4.78, 5) is 48.5. The largest absolute Gasteiger partial charge is 0.495 e. The zero-order valence-electron chi connectivity index (χ0n) is 16.4. The second kappa shape index (κ2) is 8.07. The highest BCUT2D eigenvalue weighted by atomic mass is 16.6. The second-order valence-corrected chi connectivity index (χ2v) is 6.53. The van der Waals surface area contributed by atoms with Gasteiger partial charge in [-0.2, -0.15) is 0 Å². The van der Waals surface area contributed by atoms with Crippen LogP contribution >= 0.6 is 0 Å². The number of amides is 2. The molecule has 11 nitrogen and oxygen atoms in total. The summed E-state index contributed by atoms with van der Waals surface area (Å²) >= 11 is 0. The van der Waals surface area contributed by atoms with Crippen LogP contribution in [-0.4, -0.2) is 47.4 Å². The van der Waals surface area contributed by atoms with Gasteiger partial charge >= 0.3 is 5.76 Å². The van der Waals surface area contributed by atoms with Gasteiger partial charge in [-0.3, -0.25) is 24.3 Å². The zero-order chi connectivity index (χ0) is 22.0. The van der Waals surface area contributed by atoms with Crippen LogP contribution in [0.3, 0.4) is 0 Å². The first-order chi connectivity index (χ1) is 14.2. The number of methoxy groups -OCH3 is 1. The van der Waals surface area contributed by atoms with Gasteiger partial charge in [-0.15, -0.1) is 0 Å². The third-order valence-electron chi connectivity index (χ3n) is 4.29. The van der Waals surface area contributed by atoms with E-state index in [1.807, 2.05) is 0 Å². The number of fused-ring (bicyclic) bond motifs is 1. The van der Waals surface area contributed by atoms with Gasteiger partial charge in [0.2, 0.25) is 5.91 Å². The summed E-state index contributed by atoms with van der Waals surface area (Å²) in [6, 6.07) is 8.25. The Balaban J connectivity index is 1.88. The molecule has 2 aromatic carbocycles. The van der Waals surface area contributed by atoms with Crippen molar-refractivity contribution in [2.75, 3.05) is 26.5 Å². The van der Waals surface area contributed by atoms with E-state index in [-0.39, 0.29) is 28.4 Å². The van der Waals surface area contributed by atoms with Crippen LogP contribution in [0.15, 0.2) is 45.6 Å². The van der Waals surface area contributed by atoms with Crippen molar-refractivity contribution >= 4 is 34.3 Å². The fraction of sp³-hybridized carbons (Fsp3) is 0.211. The summed E-state index contributed by atoms with van der Waals surface area (Å²) in [6.07, 6.45) is 0. The molecule has 0 aliphatic rings. The first-order valence-corrected chi connectivity index (χ1v) is 8.68. The van der Waals surface area contributed by atoms with E-state index in [4.69, 9.17) is 9.15 Å². The van der Waals surface area contributed by atoms with Crippen molar-refractivity contribution in [1.82, 2.24) is 9.47 Å². The number of non-ortho nitro benzene ring substituents is 1. The molecule has 0 radical (unpaired) electrons. The molecule has 2 amide bonds. The van der Waals surface area contributed by atoms with Gasteiger partial charge in [-0.1, -0.05) is 0 Å². The Kier molecular flexibility index (Phi) is 5.54. The van der Waals surface area contributed by atoms with E-state index in [9.17, 15) is 24.5 Å². The average Bonchev–Trinajstić information content (AvgIpc) is 3.01. The van der Waals surface area contributed by atoms with E-state index in [1.165, 1.54) is 30.2 Å². The molecule has 1 heterocycles. The SMILES string of the molecule is COc1ccc(C(=O)N(C)C)cc1NC(=O)Cn1c(=O)oc2cc([N+](=O)[O-])ccc21. The number of aromatic nitrogens is 1. The summed E-state index contributed by atoms with van der Waals surface area (Å²) in [5.41, 5.74) is 0.600. The van der Waals surface area contributed by atoms with Crippen LogP contribution in [0.25, 0.3) is 11.1 Å². The fourth-order valence-corrected chi connectivity index (χ4v) is 2.85. The molecule has 1 aromatic heterocycles. The van der Waals surface area contributed by atoms with Gasteiger partial charge in [0.25, 0.3) is 11.6 Å². The maximum atomic E-state index is 12.6. The molecule has 1 N–H and O–H groups in total. The molecule has 30 heavy (non-hydrogen) atoms. The standard InChI is InChI=1S/C19H18N4O7/c1-21(2)18(25)11-4-7-15(29-3)13(8-11)20-17(24)10-22-14-6-5-12(23(27)28)9-16(14)30-19(22)26/h4-9H,10H2,1-3H3,(H,20,24). The van der Waals surface area contributed by atoms with Crippen molar-refractivity contribution in [1.29, 1.82) is 0 Å². The van der Waals surface area contributed by atoms with Gasteiger partial charge in [-0.05, 0) is 24.3 Å². The quantitative estimate of drug-likeness (QED) is 0.480. The predicted octanol–water partition coefficient (Wildman–Crippen LogP) is 1.85. The Morgan fingerprint density at radius 1 is 1.23 bits per heavy atom. The van der Waals surface area contributed by atoms with Crippen molar-refractivity contribution in [2.45, 2.75) is 6.54 Å². The molecule has 0 unspecified atom stereocenters. The second-order valence-electron chi connectivity index (χ2n) is 6.53. The van der Waals surface area contributed by atoms with E-state index in [2.05, 4.69) is 5.32 Å². The normalized spacial score (nSPS) is 10.6. The maximum absolute atomic E-state index is 12.6. The van der Waals surface area contributed by atoms with Gasteiger partial charge < -0.3 is 19.4 Å². The first-order valence-electron chi connectivity index (χ1n) is 8.68. The predicted molar refractivity (Wildman–Crippen MR) is 107 cm³/mol. The van der Waals surface area contributed by atoms with Crippen LogP contribution in [0.4, 0.5) is 11.4 Å². The molecule has 0 aliphatic heterocycles. The third-order valence-corrected chi connectivity index (χ3v) is 4.29. The topological polar surface area (TPSA) is 137 Å². The van der Waals surface area contributed by atoms with Crippen LogP contribution in [0, 0.1) is 10.1 Å². The lowest BCUT2D eigenvalue weighted by Gasteiger charge is -2.14. The van der Waals surface area contributed by atoms with Gasteiger partial charge in [0.15, 0.2) is 5.58 Å². The van der Waals surface area contributed by atoms with Crippen molar-refractivity contribution in [3.05, 3.63) is 62.6 Å². The number of nitro groups is 1. The number of ether oxygens (including phenoxy) is 1. The van der Waals surface area contributed by atoms with Crippen LogP contribution in [0.1, 0.15) is 10.4 Å². The number of hydrogen-bond acceptors (Lipinski definition) is 7. The van der Waals surface area contributed by atoms with Crippen molar-refractivity contribution in [3.63, 3.8) is 0 Å². The number of anilines is 1.